The Kier molecular flexibility index (Phi) is 8.84. The minimum atomic E-state index is -0.382. The zero-order chi connectivity index (χ0) is 23.3. The van der Waals surface area contributed by atoms with Gasteiger partial charge in [0.05, 0.1) is 6.10 Å². The number of aliphatic hydroxyl groups excluding tert-OH is 1. The Morgan fingerprint density at radius 3 is 2.47 bits per heavy atom. The summed E-state index contributed by atoms with van der Waals surface area (Å²) in [4.78, 5) is 25.5. The van der Waals surface area contributed by atoms with Crippen molar-refractivity contribution in [3.05, 3.63) is 0 Å². The molecule has 0 aromatic rings. The van der Waals surface area contributed by atoms with Crippen molar-refractivity contribution >= 4 is 11.7 Å². The third kappa shape index (κ3) is 7.08. The number of hydrogen-bond donors (Lipinski definition) is 2. The number of carbonyl (C=O) groups excluding carboxylic acids is 2. The summed E-state index contributed by atoms with van der Waals surface area (Å²) in [5.41, 5.74) is -0.213. The zero-order valence-electron chi connectivity index (χ0n) is 20.6. The summed E-state index contributed by atoms with van der Waals surface area (Å²) in [6.07, 6.45) is 17.7. The summed E-state index contributed by atoms with van der Waals surface area (Å²) in [6.45, 7) is 6.15. The molecule has 0 bridgehead atoms. The Bertz CT molecular complexity index is 688. The zero-order valence-corrected chi connectivity index (χ0v) is 20.6. The Morgan fingerprint density at radius 1 is 1.16 bits per heavy atom. The fourth-order valence-corrected chi connectivity index (χ4v) is 6.70. The molecule has 32 heavy (non-hydrogen) atoms. The van der Waals surface area contributed by atoms with Crippen molar-refractivity contribution in [3.8, 4) is 12.3 Å². The van der Waals surface area contributed by atoms with E-state index in [0.717, 1.165) is 44.4 Å². The minimum absolute atomic E-state index is 0.0288. The van der Waals surface area contributed by atoms with Gasteiger partial charge in [0.15, 0.2) is 0 Å². The summed E-state index contributed by atoms with van der Waals surface area (Å²) in [5.74, 6) is 5.31. The first-order chi connectivity index (χ1) is 15.2. The number of hydrogen-bond acceptors (Lipinski definition) is 3. The van der Waals surface area contributed by atoms with Gasteiger partial charge in [-0.3, -0.25) is 9.59 Å². The van der Waals surface area contributed by atoms with E-state index in [9.17, 15) is 14.7 Å². The summed E-state index contributed by atoms with van der Waals surface area (Å²) in [7, 11) is 0. The first-order valence-electron chi connectivity index (χ1n) is 13.1. The lowest BCUT2D eigenvalue weighted by atomic mass is 9.62. The van der Waals surface area contributed by atoms with Gasteiger partial charge in [-0.05, 0) is 89.4 Å². The van der Waals surface area contributed by atoms with Crippen LogP contribution < -0.4 is 5.32 Å². The highest BCUT2D eigenvalue weighted by atomic mass is 16.3. The van der Waals surface area contributed by atoms with E-state index in [0.29, 0.717) is 31.1 Å². The Balaban J connectivity index is 1.54. The molecule has 0 saturated heterocycles. The van der Waals surface area contributed by atoms with Crippen LogP contribution in [0.3, 0.4) is 0 Å². The van der Waals surface area contributed by atoms with Crippen molar-refractivity contribution in [2.45, 2.75) is 116 Å². The van der Waals surface area contributed by atoms with Crippen molar-refractivity contribution in [2.75, 3.05) is 0 Å². The lowest BCUT2D eigenvalue weighted by Gasteiger charge is -2.44. The normalized spacial score (nSPS) is 34.3. The maximum absolute atomic E-state index is 13.2. The molecule has 3 aliphatic carbocycles. The molecule has 4 nitrogen and oxygen atoms in total. The average Bonchev–Trinajstić information content (AvgIpc) is 2.72. The molecule has 0 radical (unpaired) electrons. The van der Waals surface area contributed by atoms with Gasteiger partial charge in [0.25, 0.3) is 0 Å². The van der Waals surface area contributed by atoms with E-state index in [2.05, 4.69) is 32.0 Å². The first-order valence-corrected chi connectivity index (χ1v) is 13.1. The van der Waals surface area contributed by atoms with Gasteiger partial charge >= 0.3 is 0 Å². The van der Waals surface area contributed by atoms with Crippen LogP contribution in [0.5, 0.6) is 0 Å². The number of nitrogens with one attached hydrogen (secondary N) is 1. The molecule has 6 unspecified atom stereocenters. The maximum atomic E-state index is 13.2. The van der Waals surface area contributed by atoms with Gasteiger partial charge in [0.2, 0.25) is 5.91 Å². The van der Waals surface area contributed by atoms with Crippen molar-refractivity contribution in [2.24, 2.45) is 35.5 Å². The monoisotopic (exact) mass is 443 g/mol. The quantitative estimate of drug-likeness (QED) is 0.527. The van der Waals surface area contributed by atoms with E-state index in [1.165, 1.54) is 25.7 Å². The predicted molar refractivity (Wildman–Crippen MR) is 129 cm³/mol. The van der Waals surface area contributed by atoms with Crippen LogP contribution >= 0.6 is 0 Å². The summed E-state index contributed by atoms with van der Waals surface area (Å²) >= 11 is 0. The Morgan fingerprint density at radius 2 is 1.84 bits per heavy atom. The van der Waals surface area contributed by atoms with E-state index >= 15 is 0 Å². The molecule has 0 aromatic heterocycles. The van der Waals surface area contributed by atoms with Crippen LogP contribution in [0.2, 0.25) is 0 Å². The predicted octanol–water partition coefficient (Wildman–Crippen LogP) is 5.27. The van der Waals surface area contributed by atoms with Gasteiger partial charge in [-0.2, -0.15) is 0 Å². The van der Waals surface area contributed by atoms with Gasteiger partial charge in [0.1, 0.15) is 5.78 Å². The van der Waals surface area contributed by atoms with Crippen LogP contribution in [0, 0.1) is 47.9 Å². The van der Waals surface area contributed by atoms with Crippen LogP contribution in [0.25, 0.3) is 0 Å². The molecular weight excluding hydrogens is 398 g/mol. The van der Waals surface area contributed by atoms with Crippen molar-refractivity contribution < 1.29 is 14.7 Å². The molecule has 0 spiro atoms. The number of Topliss-reactive ketones (excluding diaryl/α,β-unsaturated/α-hetero) is 1. The minimum Gasteiger partial charge on any atom is -0.393 e. The van der Waals surface area contributed by atoms with Crippen molar-refractivity contribution in [1.29, 1.82) is 0 Å². The second-order valence-electron chi connectivity index (χ2n) is 12.1. The van der Waals surface area contributed by atoms with Crippen LogP contribution in [-0.2, 0) is 9.59 Å². The van der Waals surface area contributed by atoms with E-state index in [1.807, 2.05) is 0 Å². The SMILES string of the molecule is C#CCC1CCC(CC(O)CCC2CC3CCCCC3C[C@H]2C(=O)NC(C)(C)C)CC1=O. The van der Waals surface area contributed by atoms with Gasteiger partial charge in [0, 0.05) is 30.2 Å². The fourth-order valence-electron chi connectivity index (χ4n) is 6.70. The second-order valence-corrected chi connectivity index (χ2v) is 12.1. The fraction of sp³-hybridized carbons (Fsp3) is 0.857. The molecule has 0 aliphatic heterocycles. The molecule has 3 rings (SSSR count). The molecule has 0 heterocycles. The molecule has 2 N–H and O–H groups in total. The summed E-state index contributed by atoms with van der Waals surface area (Å²) < 4.78 is 0. The molecule has 7 atom stereocenters. The highest BCUT2D eigenvalue weighted by Gasteiger charge is 2.41. The number of aliphatic hydroxyl groups is 1. The Hall–Kier alpha value is -1.34. The summed E-state index contributed by atoms with van der Waals surface area (Å²) in [6, 6.07) is 0. The smallest absolute Gasteiger partial charge is 0.223 e. The highest BCUT2D eigenvalue weighted by Crippen LogP contribution is 2.47. The van der Waals surface area contributed by atoms with Gasteiger partial charge in [-0.25, -0.2) is 0 Å². The standard InChI is InChI=1S/C28H45NO3/c1-5-8-20-12-11-19(16-26(20)31)15-24(30)14-13-23-17-21-9-6-7-10-22(21)18-25(23)27(32)29-28(2,3)4/h1,19-25,30H,6-18H2,2-4H3,(H,29,32)/t19?,20?,21?,22?,23?,24?,25-/m1/s1. The number of rotatable bonds is 7. The maximum Gasteiger partial charge on any atom is 0.223 e. The average molecular weight is 444 g/mol. The molecule has 4 heteroatoms. The Labute approximate surface area is 195 Å². The second kappa shape index (κ2) is 11.2. The van der Waals surface area contributed by atoms with Gasteiger partial charge < -0.3 is 10.4 Å². The molecule has 3 aliphatic rings. The molecule has 1 amide bonds. The number of carbonyl (C=O) groups is 2. The van der Waals surface area contributed by atoms with Crippen LogP contribution in [0.1, 0.15) is 104 Å². The van der Waals surface area contributed by atoms with Crippen LogP contribution in [-0.4, -0.2) is 28.4 Å². The lowest BCUT2D eigenvalue weighted by molar-refractivity contribution is -0.131. The van der Waals surface area contributed by atoms with Crippen LogP contribution in [0.15, 0.2) is 0 Å². The van der Waals surface area contributed by atoms with Crippen molar-refractivity contribution in [1.82, 2.24) is 5.32 Å². The van der Waals surface area contributed by atoms with Gasteiger partial charge in [-0.15, -0.1) is 12.3 Å². The molecule has 3 fully saturated rings. The molecule has 3 saturated carbocycles. The highest BCUT2D eigenvalue weighted by molar-refractivity contribution is 5.82. The van der Waals surface area contributed by atoms with Gasteiger partial charge in [-0.1, -0.05) is 25.7 Å². The number of fused-ring (bicyclic) bond motifs is 1. The third-order valence-corrected chi connectivity index (χ3v) is 8.34. The van der Waals surface area contributed by atoms with E-state index in [1.54, 1.807) is 0 Å². The topological polar surface area (TPSA) is 66.4 Å². The van der Waals surface area contributed by atoms with E-state index in [-0.39, 0.29) is 41.1 Å². The van der Waals surface area contributed by atoms with Crippen LogP contribution in [0.4, 0.5) is 0 Å². The first kappa shape index (κ1) is 25.3. The van der Waals surface area contributed by atoms with E-state index in [4.69, 9.17) is 6.42 Å². The molecular formula is C28H45NO3. The molecule has 0 aromatic carbocycles. The van der Waals surface area contributed by atoms with E-state index < -0.39 is 0 Å². The lowest BCUT2D eigenvalue weighted by Crippen LogP contribution is -2.48. The number of terminal acetylenes is 1. The largest absolute Gasteiger partial charge is 0.393 e. The number of amides is 1. The van der Waals surface area contributed by atoms with Crippen molar-refractivity contribution in [3.63, 3.8) is 0 Å². The molecule has 180 valence electrons. The summed E-state index contributed by atoms with van der Waals surface area (Å²) in [5, 5.41) is 14.0. The number of ketones is 1. The third-order valence-electron chi connectivity index (χ3n) is 8.34.